The molecule has 8 amide bonds. The van der Waals surface area contributed by atoms with Crippen molar-refractivity contribution in [2.24, 2.45) is 23.7 Å². The second-order valence-electron chi connectivity index (χ2n) is 37.7. The van der Waals surface area contributed by atoms with Gasteiger partial charge in [-0.15, -0.1) is 22.7 Å². The van der Waals surface area contributed by atoms with E-state index in [0.717, 1.165) is 162 Å². The Morgan fingerprint density at radius 2 is 0.606 bits per heavy atom. The Bertz CT molecular complexity index is 6130. The van der Waals surface area contributed by atoms with E-state index in [9.17, 15) is 38.4 Å². The highest BCUT2D eigenvalue weighted by atomic mass is 32.1. The summed E-state index contributed by atoms with van der Waals surface area (Å²) in [7, 11) is 5.18. The van der Waals surface area contributed by atoms with Gasteiger partial charge < -0.3 is 89.2 Å². The van der Waals surface area contributed by atoms with Gasteiger partial charge in [-0.05, 0) is 197 Å². The summed E-state index contributed by atoms with van der Waals surface area (Å²) in [6.07, 6.45) is 15.2. The number of aromatic amines is 4. The average Bonchev–Trinajstić information content (AvgIpc) is 1.57. The second-order valence-corrected chi connectivity index (χ2v) is 39.9. The Balaban J connectivity index is 0.000000257. The lowest BCUT2D eigenvalue weighted by molar-refractivity contribution is -0.136. The quantitative estimate of drug-likeness (QED) is 0.0260. The molecule has 4 aromatic carbocycles. The second kappa shape index (κ2) is 47.2. The summed E-state index contributed by atoms with van der Waals surface area (Å²) in [5.41, 5.74) is 13.2. The number of methoxy groups -OCH3 is 4. The molecule has 8 aliphatic rings. The number of aromatic nitrogens is 10. The Labute approximate surface area is 889 Å². The van der Waals surface area contributed by atoms with Crippen LogP contribution in [0, 0.1) is 23.7 Å². The van der Waals surface area contributed by atoms with Gasteiger partial charge in [-0.25, -0.2) is 39.1 Å². The highest BCUT2D eigenvalue weighted by Crippen LogP contribution is 2.53. The summed E-state index contributed by atoms with van der Waals surface area (Å²) < 4.78 is 38.0. The summed E-state index contributed by atoms with van der Waals surface area (Å²) >= 11 is 3.64. The van der Waals surface area contributed by atoms with Crippen LogP contribution in [-0.4, -0.2) is 195 Å². The standard InChI is InChI=1S/2C50H57N9O7S.8H2S/c2*1-26(2)42(55-49(62)64-5)46(60)57-19-7-9-36(57)44-51-24-33(53-44)29-14-16-35-31(21-29)22-38-32-15-13-30(23-39(32)66-48(59(35)38)41-18-17-40(67-41)28-11-12-28)34-25-52-45(54-34)37-10-8-20-58(37)47(61)43(27(3)4)56-50(63)65-6;;;;;;;;/h2*13-18,21-28,36-37,42-43,48H,7-12,19-20H2,1-6H3,(H,51,53)(H,52,54)(H,55,62)(H,56,63);8*1H2/t2*36-,37-,42-,43-,48?;;;;;;;;/m00......../s1. The van der Waals surface area contributed by atoms with Gasteiger partial charge in [-0.3, -0.25) is 28.3 Å². The maximum absolute atomic E-state index is 13.8. The van der Waals surface area contributed by atoms with E-state index in [2.05, 4.69) is 160 Å². The topological polar surface area (TPSA) is 378 Å². The number of imidazole rings is 4. The molecule has 10 atom stereocenters. The van der Waals surface area contributed by atoms with E-state index in [4.69, 9.17) is 48.4 Å². The van der Waals surface area contributed by atoms with Crippen molar-refractivity contribution < 1.29 is 66.8 Å². The van der Waals surface area contributed by atoms with E-state index in [-0.39, 0.29) is 179 Å². The molecule has 0 spiro atoms. The number of benzene rings is 4. The zero-order chi connectivity index (χ0) is 93.3. The van der Waals surface area contributed by atoms with E-state index in [1.807, 2.05) is 122 Å². The van der Waals surface area contributed by atoms with Crippen molar-refractivity contribution in [3.63, 3.8) is 0 Å². The van der Waals surface area contributed by atoms with E-state index in [0.29, 0.717) is 61.3 Å². The number of nitrogens with one attached hydrogen (secondary N) is 8. The van der Waals surface area contributed by atoms with Crippen LogP contribution in [0.3, 0.4) is 0 Å². The number of carbonyl (C=O) groups excluding carboxylic acids is 8. The van der Waals surface area contributed by atoms with Gasteiger partial charge in [0.1, 0.15) is 59.0 Å². The van der Waals surface area contributed by atoms with Crippen LogP contribution in [0.15, 0.2) is 134 Å². The zero-order valence-electron chi connectivity index (χ0n) is 81.3. The molecule has 14 heterocycles. The largest absolute Gasteiger partial charge is 0.464 e. The molecule has 8 aromatic heterocycles. The first kappa shape index (κ1) is 112. The van der Waals surface area contributed by atoms with Crippen molar-refractivity contribution in [2.45, 2.75) is 205 Å². The lowest BCUT2D eigenvalue weighted by atomic mass is 10.0. The number of hydrogen-bond acceptors (Lipinski definition) is 20. The molecule has 6 fully saturated rings. The van der Waals surface area contributed by atoms with E-state index < -0.39 is 61.0 Å². The van der Waals surface area contributed by atoms with Gasteiger partial charge in [0.05, 0.1) is 132 Å². The highest BCUT2D eigenvalue weighted by Gasteiger charge is 2.45. The van der Waals surface area contributed by atoms with Gasteiger partial charge in [-0.2, -0.15) is 108 Å². The number of hydrogen-bond donors (Lipinski definition) is 8. The van der Waals surface area contributed by atoms with Crippen LogP contribution >= 0.6 is 131 Å². The molecular weight excluding hydrogens is 2000 g/mol. The molecule has 12 aromatic rings. The number of alkyl carbamates (subject to hydrolysis) is 4. The maximum Gasteiger partial charge on any atom is 0.407 e. The third-order valence-corrected chi connectivity index (χ3v) is 30.0. The third-order valence-electron chi connectivity index (χ3n) is 27.5. The molecule has 142 heavy (non-hydrogen) atoms. The number of H-pyrrole nitrogens is 4. The van der Waals surface area contributed by atoms with Gasteiger partial charge >= 0.3 is 24.4 Å². The first-order chi connectivity index (χ1) is 64.8. The number of fused-ring (bicyclic) bond motifs is 10. The van der Waals surface area contributed by atoms with Gasteiger partial charge in [0.25, 0.3) is 0 Å². The van der Waals surface area contributed by atoms with Crippen molar-refractivity contribution in [3.05, 3.63) is 177 Å². The Morgan fingerprint density at radius 1 is 0.345 bits per heavy atom. The van der Waals surface area contributed by atoms with Gasteiger partial charge in [-0.1, -0.05) is 79.7 Å². The van der Waals surface area contributed by atoms with Crippen molar-refractivity contribution in [3.8, 4) is 79.0 Å². The monoisotopic (exact) mass is 2130 g/mol. The molecule has 764 valence electrons. The van der Waals surface area contributed by atoms with Crippen LogP contribution in [0.1, 0.15) is 224 Å². The molecule has 2 saturated carbocycles. The summed E-state index contributed by atoms with van der Waals surface area (Å²) in [5, 5.41) is 13.0. The minimum Gasteiger partial charge on any atom is -0.464 e. The molecule has 2 unspecified atom stereocenters. The normalized spacial score (nSPS) is 18.7. The van der Waals surface area contributed by atoms with Gasteiger partial charge in [0.2, 0.25) is 36.1 Å². The lowest BCUT2D eigenvalue weighted by Gasteiger charge is -2.30. The third kappa shape index (κ3) is 22.3. The molecule has 0 bridgehead atoms. The Morgan fingerprint density at radius 3 is 0.866 bits per heavy atom. The van der Waals surface area contributed by atoms with Crippen LogP contribution in [0.25, 0.3) is 89.4 Å². The van der Waals surface area contributed by atoms with Crippen LogP contribution in [0.4, 0.5) is 19.2 Å². The molecule has 2 aliphatic carbocycles. The van der Waals surface area contributed by atoms with Crippen LogP contribution in [0.2, 0.25) is 0 Å². The number of rotatable bonds is 24. The van der Waals surface area contributed by atoms with Gasteiger partial charge in [0, 0.05) is 80.1 Å². The van der Waals surface area contributed by atoms with E-state index in [1.54, 1.807) is 0 Å². The average molecular weight is 2130 g/mol. The summed E-state index contributed by atoms with van der Waals surface area (Å²) in [6, 6.07) is 34.9. The predicted octanol–water partition coefficient (Wildman–Crippen LogP) is 19.0. The number of amides is 8. The lowest BCUT2D eigenvalue weighted by Crippen LogP contribution is -2.51. The number of ether oxygens (including phenoxy) is 6. The number of nitrogens with zero attached hydrogens (tertiary/aromatic N) is 10. The first-order valence-corrected chi connectivity index (χ1v) is 48.4. The summed E-state index contributed by atoms with van der Waals surface area (Å²) in [6.45, 7) is 17.6. The molecule has 6 aliphatic heterocycles. The van der Waals surface area contributed by atoms with E-state index >= 15 is 0 Å². The van der Waals surface area contributed by atoms with Crippen molar-refractivity contribution >= 4 is 200 Å². The number of thiophene rings is 2. The molecule has 32 nitrogen and oxygen atoms in total. The van der Waals surface area contributed by atoms with Gasteiger partial charge in [0.15, 0.2) is 0 Å². The van der Waals surface area contributed by atoms with Crippen LogP contribution < -0.4 is 30.7 Å². The van der Waals surface area contributed by atoms with Crippen molar-refractivity contribution in [1.82, 2.24) is 89.9 Å². The maximum atomic E-state index is 13.8. The molecule has 4 saturated heterocycles. The highest BCUT2D eigenvalue weighted by molar-refractivity contribution is 7.60. The molecule has 42 heteroatoms. The Kier molecular flexibility index (Phi) is 37.2. The number of carbonyl (C=O) groups is 8. The van der Waals surface area contributed by atoms with Crippen molar-refractivity contribution in [1.29, 1.82) is 0 Å². The minimum atomic E-state index is -0.716. The SMILES string of the molecule is COC(=O)N[C@H](C(=O)N1CCC[C@H]1c1ncc(-c2ccc3c(c2)OC(c2ccc(C4CC4)s2)n2c-3cc3cc(-c4cnc([C@@H]5CCCN5C(=O)[C@@H](NC(=O)OC)C(C)C)[nH]4)ccc32)[nH]1)C(C)C.COC(=O)N[C@H](C(=O)N1CCC[C@H]1c1ncc(-c2ccc3c(c2)OC(c2ccc(C4CC4)s2)n2c-3cc3cc(-c4cnc([C@@H]5CCCN5C(=O)[C@@H](NC(=O)OC)C(C)C)[nH]4)ccc32)[nH]1)C(C)C.S.S.S.S.S.S.S.S. The predicted molar refractivity (Wildman–Crippen MR) is 590 cm³/mol. The smallest absolute Gasteiger partial charge is 0.407 e. The number of likely N-dealkylation sites (tertiary alicyclic amines) is 4. The van der Waals surface area contributed by atoms with Crippen LogP contribution in [-0.2, 0) is 38.1 Å². The summed E-state index contributed by atoms with van der Waals surface area (Å²) in [5.74, 6) is 4.48. The first-order valence-electron chi connectivity index (χ1n) is 46.7. The Hall–Kier alpha value is -10.4. The fourth-order valence-electron chi connectivity index (χ4n) is 20.0. The minimum absolute atomic E-state index is 0. The zero-order valence-corrected chi connectivity index (χ0v) is 90.9. The molecular formula is C100H130N18O14S10. The summed E-state index contributed by atoms with van der Waals surface area (Å²) in [4.78, 5) is 149. The van der Waals surface area contributed by atoms with E-state index in [1.165, 1.54) is 63.9 Å². The fraction of sp³-hybridized carbons (Fsp3) is 0.440. The van der Waals surface area contributed by atoms with Crippen LogP contribution in [0.5, 0.6) is 11.5 Å². The van der Waals surface area contributed by atoms with Crippen molar-refractivity contribution in [2.75, 3.05) is 54.6 Å². The molecule has 20 rings (SSSR count). The molecule has 0 radical (unpaired) electrons. The molecule has 8 N–H and O–H groups in total. The fourth-order valence-corrected chi connectivity index (χ4v) is 22.4.